The summed E-state index contributed by atoms with van der Waals surface area (Å²) in [4.78, 5) is 13.1. The standard InChI is InChI=1S/C15H19N4.Y/c1-10(2)14-17-12(4)18-15(19-14)16-11(3)13-8-6-5-7-9-13;/h5-9,11H,1-4H3,(H,16,17,18,19);/q-1;+3. The van der Waals surface area contributed by atoms with Crippen LogP contribution in [0.3, 0.4) is 0 Å². The molecule has 1 atom stereocenters. The van der Waals surface area contributed by atoms with E-state index in [0.717, 1.165) is 17.6 Å². The second-order valence-electron chi connectivity index (χ2n) is 4.81. The van der Waals surface area contributed by atoms with Crippen molar-refractivity contribution in [2.24, 2.45) is 0 Å². The maximum atomic E-state index is 4.43. The molecule has 2 rings (SSSR count). The van der Waals surface area contributed by atoms with Crippen LogP contribution in [0.25, 0.3) is 0 Å². The van der Waals surface area contributed by atoms with Crippen molar-refractivity contribution in [1.82, 2.24) is 15.0 Å². The van der Waals surface area contributed by atoms with E-state index in [-0.39, 0.29) is 38.8 Å². The first-order valence-electron chi connectivity index (χ1n) is 6.41. The van der Waals surface area contributed by atoms with Gasteiger partial charge in [-0.3, -0.25) is 4.98 Å². The molecule has 0 aliphatic heterocycles. The number of aromatic nitrogens is 3. The zero-order valence-electron chi connectivity index (χ0n) is 12.4. The summed E-state index contributed by atoms with van der Waals surface area (Å²) in [5, 5.41) is 3.32. The smallest absolute Gasteiger partial charge is 0.348 e. The van der Waals surface area contributed by atoms with Gasteiger partial charge in [0.05, 0.1) is 6.04 Å². The van der Waals surface area contributed by atoms with Gasteiger partial charge in [-0.15, -0.1) is 0 Å². The molecular weight excluding hydrogens is 325 g/mol. The van der Waals surface area contributed by atoms with Crippen LogP contribution < -0.4 is 5.32 Å². The van der Waals surface area contributed by atoms with E-state index < -0.39 is 0 Å². The molecular formula is C15H19N4Y+2. The molecule has 0 spiro atoms. The largest absolute Gasteiger partial charge is 3.00 e. The number of anilines is 1. The van der Waals surface area contributed by atoms with E-state index >= 15 is 0 Å². The van der Waals surface area contributed by atoms with Gasteiger partial charge in [-0.1, -0.05) is 30.3 Å². The molecule has 0 aliphatic rings. The molecule has 0 bridgehead atoms. The van der Waals surface area contributed by atoms with Gasteiger partial charge in [-0.2, -0.15) is 18.8 Å². The van der Waals surface area contributed by atoms with Crippen molar-refractivity contribution in [3.8, 4) is 0 Å². The van der Waals surface area contributed by atoms with E-state index in [2.05, 4.69) is 39.3 Å². The predicted molar refractivity (Wildman–Crippen MR) is 76.7 cm³/mol. The molecule has 0 amide bonds. The van der Waals surface area contributed by atoms with E-state index in [0.29, 0.717) is 5.95 Å². The van der Waals surface area contributed by atoms with Crippen molar-refractivity contribution in [2.45, 2.75) is 33.7 Å². The summed E-state index contributed by atoms with van der Waals surface area (Å²) in [7, 11) is 0. The second-order valence-corrected chi connectivity index (χ2v) is 4.81. The molecule has 1 aromatic heterocycles. The molecule has 0 fully saturated rings. The summed E-state index contributed by atoms with van der Waals surface area (Å²) in [6.07, 6.45) is 0. The van der Waals surface area contributed by atoms with Crippen molar-refractivity contribution >= 4 is 5.95 Å². The zero-order valence-corrected chi connectivity index (χ0v) is 15.2. The first-order valence-corrected chi connectivity index (χ1v) is 6.41. The molecule has 20 heavy (non-hydrogen) atoms. The zero-order chi connectivity index (χ0) is 13.8. The Balaban J connectivity index is 0.00000200. The van der Waals surface area contributed by atoms with Gasteiger partial charge in [0.25, 0.3) is 0 Å². The fourth-order valence-electron chi connectivity index (χ4n) is 1.79. The maximum absolute atomic E-state index is 4.43. The minimum atomic E-state index is 0. The number of rotatable bonds is 4. The Labute approximate surface area is 145 Å². The minimum absolute atomic E-state index is 0. The van der Waals surface area contributed by atoms with Gasteiger partial charge in [0.15, 0.2) is 0 Å². The van der Waals surface area contributed by atoms with Crippen LogP contribution in [0, 0.1) is 12.8 Å². The van der Waals surface area contributed by atoms with Gasteiger partial charge in [0.1, 0.15) is 5.82 Å². The van der Waals surface area contributed by atoms with Crippen molar-refractivity contribution < 1.29 is 32.7 Å². The number of benzene rings is 1. The molecule has 1 aromatic carbocycles. The van der Waals surface area contributed by atoms with Crippen LogP contribution in [-0.4, -0.2) is 15.0 Å². The Bertz CT molecular complexity index is 543. The van der Waals surface area contributed by atoms with Gasteiger partial charge >= 0.3 is 32.7 Å². The summed E-state index contributed by atoms with van der Waals surface area (Å²) in [5.41, 5.74) is 1.21. The number of nitrogens with one attached hydrogen (secondary N) is 1. The molecule has 0 saturated heterocycles. The molecule has 0 radical (unpaired) electrons. The Hall–Kier alpha value is -0.996. The normalized spacial score (nSPS) is 11.4. The van der Waals surface area contributed by atoms with E-state index in [1.807, 2.05) is 39.0 Å². The van der Waals surface area contributed by atoms with Crippen molar-refractivity contribution in [1.29, 1.82) is 0 Å². The first-order chi connectivity index (χ1) is 9.06. The van der Waals surface area contributed by atoms with Crippen LogP contribution in [0.2, 0.25) is 0 Å². The van der Waals surface area contributed by atoms with Gasteiger partial charge in [0.2, 0.25) is 5.95 Å². The van der Waals surface area contributed by atoms with Gasteiger partial charge in [0, 0.05) is 5.82 Å². The maximum Gasteiger partial charge on any atom is 3.00 e. The average molecular weight is 344 g/mol. The number of hydrogen-bond donors (Lipinski definition) is 1. The molecule has 4 nitrogen and oxygen atoms in total. The van der Waals surface area contributed by atoms with Gasteiger partial charge in [-0.25, -0.2) is 4.98 Å². The topological polar surface area (TPSA) is 50.7 Å². The van der Waals surface area contributed by atoms with Crippen LogP contribution in [-0.2, 0) is 32.7 Å². The first kappa shape index (κ1) is 17.1. The average Bonchev–Trinajstić information content (AvgIpc) is 2.39. The van der Waals surface area contributed by atoms with Crippen LogP contribution >= 0.6 is 0 Å². The van der Waals surface area contributed by atoms with Crippen molar-refractivity contribution in [2.75, 3.05) is 5.32 Å². The summed E-state index contributed by atoms with van der Waals surface area (Å²) in [6, 6.07) is 10.4. The Kier molecular flexibility index (Phi) is 6.57. The van der Waals surface area contributed by atoms with Gasteiger partial charge < -0.3 is 11.2 Å². The molecule has 1 heterocycles. The third-order valence-electron chi connectivity index (χ3n) is 2.84. The van der Waals surface area contributed by atoms with Crippen LogP contribution in [0.15, 0.2) is 30.3 Å². The van der Waals surface area contributed by atoms with Crippen LogP contribution in [0.4, 0.5) is 5.95 Å². The fourth-order valence-corrected chi connectivity index (χ4v) is 1.79. The summed E-state index contributed by atoms with van der Waals surface area (Å²) in [5.74, 6) is 3.19. The predicted octanol–water partition coefficient (Wildman–Crippen LogP) is 3.31. The molecule has 2 aromatic rings. The number of aryl methyl sites for hydroxylation is 1. The minimum Gasteiger partial charge on any atom is -0.348 e. The fraction of sp³-hybridized carbons (Fsp3) is 0.333. The van der Waals surface area contributed by atoms with Crippen molar-refractivity contribution in [3.63, 3.8) is 0 Å². The number of hydrogen-bond acceptors (Lipinski definition) is 4. The molecule has 1 N–H and O–H groups in total. The third kappa shape index (κ3) is 4.53. The van der Waals surface area contributed by atoms with Crippen molar-refractivity contribution in [3.05, 3.63) is 53.5 Å². The summed E-state index contributed by atoms with van der Waals surface area (Å²) >= 11 is 0. The molecule has 0 aliphatic carbocycles. The Morgan fingerprint density at radius 1 is 1.05 bits per heavy atom. The van der Waals surface area contributed by atoms with E-state index in [4.69, 9.17) is 0 Å². The molecule has 5 heteroatoms. The van der Waals surface area contributed by atoms with E-state index in [1.54, 1.807) is 0 Å². The summed E-state index contributed by atoms with van der Waals surface area (Å²) in [6.45, 7) is 7.97. The van der Waals surface area contributed by atoms with Crippen LogP contribution in [0.5, 0.6) is 0 Å². The third-order valence-corrected chi connectivity index (χ3v) is 2.84. The van der Waals surface area contributed by atoms with E-state index in [1.165, 1.54) is 5.56 Å². The Morgan fingerprint density at radius 3 is 2.30 bits per heavy atom. The molecule has 100 valence electrons. The second kappa shape index (κ2) is 7.70. The van der Waals surface area contributed by atoms with Gasteiger partial charge in [-0.05, 0) is 19.4 Å². The quantitative estimate of drug-likeness (QED) is 0.865. The van der Waals surface area contributed by atoms with Crippen LogP contribution in [0.1, 0.15) is 44.0 Å². The molecule has 0 saturated carbocycles. The molecule has 1 unspecified atom stereocenters. The number of nitrogens with zero attached hydrogens (tertiary/aromatic N) is 3. The Morgan fingerprint density at radius 2 is 1.70 bits per heavy atom. The summed E-state index contributed by atoms with van der Waals surface area (Å²) < 4.78 is 0. The SMILES string of the molecule is Cc1nc(NC(C)c2ccccc2)nc([C-](C)C)n1.[Y+3]. The van der Waals surface area contributed by atoms with E-state index in [9.17, 15) is 0 Å². The monoisotopic (exact) mass is 344 g/mol.